The van der Waals surface area contributed by atoms with Gasteiger partial charge in [-0.05, 0) is 30.5 Å². The van der Waals surface area contributed by atoms with E-state index in [-0.39, 0.29) is 6.61 Å². The van der Waals surface area contributed by atoms with Gasteiger partial charge < -0.3 is 14.8 Å². The topological polar surface area (TPSA) is 64.6 Å². The van der Waals surface area contributed by atoms with Crippen LogP contribution in [-0.2, 0) is 14.3 Å². The van der Waals surface area contributed by atoms with Gasteiger partial charge in [0.2, 0.25) is 0 Å². The van der Waals surface area contributed by atoms with E-state index >= 15 is 0 Å². The summed E-state index contributed by atoms with van der Waals surface area (Å²) in [6.07, 6.45) is 0.592. The molecule has 0 saturated carbocycles. The SMILES string of the molecule is CCC(C(=O)OCC(=O)Nc1cc(C)c(Cl)cc1OC)c1ccccc1. The van der Waals surface area contributed by atoms with E-state index in [1.54, 1.807) is 12.1 Å². The van der Waals surface area contributed by atoms with Gasteiger partial charge in [0.1, 0.15) is 5.75 Å². The Kier molecular flexibility index (Phi) is 7.04. The smallest absolute Gasteiger partial charge is 0.313 e. The Bertz CT molecular complexity index is 777. The lowest BCUT2D eigenvalue weighted by atomic mass is 9.97. The van der Waals surface area contributed by atoms with Crippen molar-refractivity contribution in [3.05, 3.63) is 58.6 Å². The van der Waals surface area contributed by atoms with E-state index in [2.05, 4.69) is 5.32 Å². The van der Waals surface area contributed by atoms with Crippen molar-refractivity contribution in [3.8, 4) is 5.75 Å². The molecular weight excluding hydrogens is 354 g/mol. The molecule has 5 nitrogen and oxygen atoms in total. The Morgan fingerprint density at radius 1 is 1.19 bits per heavy atom. The lowest BCUT2D eigenvalue weighted by molar-refractivity contribution is -0.149. The molecule has 2 aromatic rings. The molecule has 1 unspecified atom stereocenters. The van der Waals surface area contributed by atoms with E-state index in [1.165, 1.54) is 7.11 Å². The quantitative estimate of drug-likeness (QED) is 0.731. The molecule has 26 heavy (non-hydrogen) atoms. The maximum absolute atomic E-state index is 12.3. The third kappa shape index (κ3) is 4.99. The van der Waals surface area contributed by atoms with Crippen molar-refractivity contribution in [1.29, 1.82) is 0 Å². The molecule has 0 aliphatic heterocycles. The first-order chi connectivity index (χ1) is 12.5. The number of nitrogens with one attached hydrogen (secondary N) is 1. The highest BCUT2D eigenvalue weighted by Gasteiger charge is 2.21. The second-order valence-electron chi connectivity index (χ2n) is 5.83. The summed E-state index contributed by atoms with van der Waals surface area (Å²) < 4.78 is 10.4. The van der Waals surface area contributed by atoms with Crippen LogP contribution in [0.1, 0.15) is 30.4 Å². The summed E-state index contributed by atoms with van der Waals surface area (Å²) in [5, 5.41) is 3.22. The predicted octanol–water partition coefficient (Wildman–Crippen LogP) is 4.33. The zero-order valence-corrected chi connectivity index (χ0v) is 15.8. The second-order valence-corrected chi connectivity index (χ2v) is 6.24. The number of carbonyl (C=O) groups excluding carboxylic acids is 2. The fourth-order valence-electron chi connectivity index (χ4n) is 2.58. The zero-order chi connectivity index (χ0) is 19.1. The van der Waals surface area contributed by atoms with Crippen LogP contribution in [0.25, 0.3) is 0 Å². The van der Waals surface area contributed by atoms with Gasteiger partial charge in [0.15, 0.2) is 6.61 Å². The van der Waals surface area contributed by atoms with Gasteiger partial charge in [-0.2, -0.15) is 0 Å². The Morgan fingerprint density at radius 3 is 2.50 bits per heavy atom. The second kappa shape index (κ2) is 9.25. The Hall–Kier alpha value is -2.53. The summed E-state index contributed by atoms with van der Waals surface area (Å²) in [5.41, 5.74) is 2.15. The maximum atomic E-state index is 12.3. The molecule has 2 aromatic carbocycles. The summed E-state index contributed by atoms with van der Waals surface area (Å²) in [7, 11) is 1.49. The van der Waals surface area contributed by atoms with E-state index in [9.17, 15) is 9.59 Å². The van der Waals surface area contributed by atoms with Gasteiger partial charge >= 0.3 is 5.97 Å². The number of rotatable bonds is 7. The van der Waals surface area contributed by atoms with Gasteiger partial charge in [-0.1, -0.05) is 48.9 Å². The number of ether oxygens (including phenoxy) is 2. The average molecular weight is 376 g/mol. The Balaban J connectivity index is 1.98. The minimum absolute atomic E-state index is 0.368. The van der Waals surface area contributed by atoms with Crippen molar-refractivity contribution in [2.75, 3.05) is 19.0 Å². The van der Waals surface area contributed by atoms with Crippen molar-refractivity contribution < 1.29 is 19.1 Å². The number of methoxy groups -OCH3 is 1. The summed E-state index contributed by atoms with van der Waals surface area (Å²) in [6.45, 7) is 3.36. The van der Waals surface area contributed by atoms with Crippen LogP contribution < -0.4 is 10.1 Å². The van der Waals surface area contributed by atoms with Crippen molar-refractivity contribution in [1.82, 2.24) is 0 Å². The van der Waals surface area contributed by atoms with E-state index in [1.807, 2.05) is 44.2 Å². The Labute approximate surface area is 158 Å². The van der Waals surface area contributed by atoms with Gasteiger partial charge in [0, 0.05) is 11.1 Å². The highest BCUT2D eigenvalue weighted by atomic mass is 35.5. The summed E-state index contributed by atoms with van der Waals surface area (Å²) >= 11 is 6.05. The van der Waals surface area contributed by atoms with E-state index in [0.717, 1.165) is 11.1 Å². The normalized spacial score (nSPS) is 11.5. The third-order valence-corrected chi connectivity index (χ3v) is 4.40. The van der Waals surface area contributed by atoms with Crippen LogP contribution in [0.3, 0.4) is 0 Å². The highest BCUT2D eigenvalue weighted by Crippen LogP contribution is 2.31. The number of carbonyl (C=O) groups is 2. The summed E-state index contributed by atoms with van der Waals surface area (Å²) in [6, 6.07) is 12.7. The van der Waals surface area contributed by atoms with Crippen LogP contribution in [0.15, 0.2) is 42.5 Å². The van der Waals surface area contributed by atoms with Crippen molar-refractivity contribution in [3.63, 3.8) is 0 Å². The molecule has 0 spiro atoms. The van der Waals surface area contributed by atoms with Crippen LogP contribution in [0, 0.1) is 6.92 Å². The molecule has 0 bridgehead atoms. The molecule has 1 atom stereocenters. The number of esters is 1. The van der Waals surface area contributed by atoms with Crippen LogP contribution in [0.4, 0.5) is 5.69 Å². The predicted molar refractivity (Wildman–Crippen MR) is 102 cm³/mol. The van der Waals surface area contributed by atoms with Crippen molar-refractivity contribution in [2.45, 2.75) is 26.2 Å². The molecule has 138 valence electrons. The molecule has 2 rings (SSSR count). The van der Waals surface area contributed by atoms with E-state index < -0.39 is 17.8 Å². The lowest BCUT2D eigenvalue weighted by Gasteiger charge is -2.15. The van der Waals surface area contributed by atoms with Crippen LogP contribution in [0.5, 0.6) is 5.75 Å². The van der Waals surface area contributed by atoms with Gasteiger partial charge in [-0.3, -0.25) is 9.59 Å². The fourth-order valence-corrected chi connectivity index (χ4v) is 2.73. The molecule has 6 heteroatoms. The minimum atomic E-state index is -0.443. The molecule has 0 aromatic heterocycles. The Morgan fingerprint density at radius 2 is 1.88 bits per heavy atom. The molecular formula is C20H22ClNO4. The molecule has 0 aliphatic carbocycles. The number of aryl methyl sites for hydroxylation is 1. The molecule has 0 radical (unpaired) electrons. The van der Waals surface area contributed by atoms with Crippen LogP contribution in [-0.4, -0.2) is 25.6 Å². The average Bonchev–Trinajstić information content (AvgIpc) is 2.64. The number of hydrogen-bond donors (Lipinski definition) is 1. The molecule has 0 heterocycles. The minimum Gasteiger partial charge on any atom is -0.495 e. The first-order valence-corrected chi connectivity index (χ1v) is 8.69. The van der Waals surface area contributed by atoms with Crippen molar-refractivity contribution in [2.24, 2.45) is 0 Å². The number of hydrogen-bond acceptors (Lipinski definition) is 4. The highest BCUT2D eigenvalue weighted by molar-refractivity contribution is 6.31. The maximum Gasteiger partial charge on any atom is 0.313 e. The summed E-state index contributed by atoms with van der Waals surface area (Å²) in [4.78, 5) is 24.5. The van der Waals surface area contributed by atoms with Gasteiger partial charge in [-0.15, -0.1) is 0 Å². The number of anilines is 1. The fraction of sp³-hybridized carbons (Fsp3) is 0.300. The van der Waals surface area contributed by atoms with Crippen molar-refractivity contribution >= 4 is 29.2 Å². The molecule has 1 amide bonds. The largest absolute Gasteiger partial charge is 0.495 e. The van der Waals surface area contributed by atoms with E-state index in [4.69, 9.17) is 21.1 Å². The third-order valence-electron chi connectivity index (χ3n) is 4.00. The molecule has 0 aliphatic rings. The number of halogens is 1. The molecule has 0 saturated heterocycles. The van der Waals surface area contributed by atoms with E-state index in [0.29, 0.717) is 22.9 Å². The summed E-state index contributed by atoms with van der Waals surface area (Å²) in [5.74, 6) is -0.818. The van der Waals surface area contributed by atoms with Crippen LogP contribution >= 0.6 is 11.6 Å². The monoisotopic (exact) mass is 375 g/mol. The number of amides is 1. The lowest BCUT2D eigenvalue weighted by Crippen LogP contribution is -2.24. The number of benzene rings is 2. The molecule has 0 fully saturated rings. The van der Waals surface area contributed by atoms with Gasteiger partial charge in [0.05, 0.1) is 18.7 Å². The first-order valence-electron chi connectivity index (χ1n) is 8.31. The van der Waals surface area contributed by atoms with Crippen LogP contribution in [0.2, 0.25) is 5.02 Å². The standard InChI is InChI=1S/C20H22ClNO4/c1-4-15(14-8-6-5-7-9-14)20(24)26-12-19(23)22-17-10-13(2)16(21)11-18(17)25-3/h5-11,15H,4,12H2,1-3H3,(H,22,23). The van der Waals surface area contributed by atoms with Gasteiger partial charge in [0.25, 0.3) is 5.91 Å². The first kappa shape index (κ1) is 19.8. The molecule has 1 N–H and O–H groups in total. The van der Waals surface area contributed by atoms with Gasteiger partial charge in [-0.25, -0.2) is 0 Å². The zero-order valence-electron chi connectivity index (χ0n) is 15.0.